The van der Waals surface area contributed by atoms with Gasteiger partial charge in [-0.25, -0.2) is 4.39 Å². The largest absolute Gasteiger partial charge is 0.353 e. The zero-order valence-electron chi connectivity index (χ0n) is 10.5. The van der Waals surface area contributed by atoms with Crippen LogP contribution in [-0.4, -0.2) is 42.3 Å². The minimum absolute atomic E-state index is 0.0106. The van der Waals surface area contributed by atoms with Gasteiger partial charge in [0.2, 0.25) is 5.91 Å². The van der Waals surface area contributed by atoms with Crippen molar-refractivity contribution in [3.8, 4) is 0 Å². The molecule has 2 rings (SSSR count). The monoisotopic (exact) mass is 275 g/mol. The van der Waals surface area contributed by atoms with E-state index in [1.165, 1.54) is 0 Å². The van der Waals surface area contributed by atoms with Crippen molar-refractivity contribution in [3.05, 3.63) is 0 Å². The fourth-order valence-electron chi connectivity index (χ4n) is 2.87. The van der Waals surface area contributed by atoms with Gasteiger partial charge in [-0.05, 0) is 25.2 Å². The number of thioether (sulfide) groups is 1. The summed E-state index contributed by atoms with van der Waals surface area (Å²) in [6.07, 6.45) is 2.60. The quantitative estimate of drug-likeness (QED) is 0.704. The molecule has 0 bridgehead atoms. The number of nitrogens with two attached hydrogens (primary N) is 1. The lowest BCUT2D eigenvalue weighted by atomic mass is 9.83. The Morgan fingerprint density at radius 2 is 2.33 bits per heavy atom. The lowest BCUT2D eigenvalue weighted by Gasteiger charge is -2.31. The fraction of sp³-hybridized carbons (Fsp3) is 0.917. The second-order valence-electron chi connectivity index (χ2n) is 5.06. The molecule has 0 spiro atoms. The summed E-state index contributed by atoms with van der Waals surface area (Å²) in [7, 11) is 0. The second kappa shape index (κ2) is 6.73. The topological polar surface area (TPSA) is 67.1 Å². The number of hydrogen-bond donors (Lipinski definition) is 3. The van der Waals surface area contributed by atoms with Crippen molar-refractivity contribution in [1.29, 1.82) is 0 Å². The van der Waals surface area contributed by atoms with Crippen LogP contribution in [0.4, 0.5) is 4.39 Å². The summed E-state index contributed by atoms with van der Waals surface area (Å²) in [4.78, 5) is 12.0. The Morgan fingerprint density at radius 3 is 3.06 bits per heavy atom. The molecule has 4 nitrogen and oxygen atoms in total. The van der Waals surface area contributed by atoms with Crippen LogP contribution in [0.5, 0.6) is 0 Å². The first-order valence-corrected chi connectivity index (χ1v) is 7.74. The highest BCUT2D eigenvalue weighted by Crippen LogP contribution is 2.37. The van der Waals surface area contributed by atoms with Gasteiger partial charge in [-0.15, -0.1) is 11.8 Å². The van der Waals surface area contributed by atoms with E-state index in [0.717, 1.165) is 18.7 Å². The highest BCUT2D eigenvalue weighted by atomic mass is 32.2. The van der Waals surface area contributed by atoms with E-state index in [-0.39, 0.29) is 17.2 Å². The average molecular weight is 275 g/mol. The summed E-state index contributed by atoms with van der Waals surface area (Å²) in [5.41, 5.74) is 5.38. The number of alkyl halides is 1. The van der Waals surface area contributed by atoms with Crippen molar-refractivity contribution in [3.63, 3.8) is 0 Å². The third kappa shape index (κ3) is 3.36. The first kappa shape index (κ1) is 14.1. The van der Waals surface area contributed by atoms with Crippen molar-refractivity contribution < 1.29 is 9.18 Å². The van der Waals surface area contributed by atoms with Crippen LogP contribution in [0.2, 0.25) is 0 Å². The van der Waals surface area contributed by atoms with Gasteiger partial charge in [-0.3, -0.25) is 10.1 Å². The van der Waals surface area contributed by atoms with Crippen LogP contribution >= 0.6 is 11.8 Å². The lowest BCUT2D eigenvalue weighted by molar-refractivity contribution is -0.123. The summed E-state index contributed by atoms with van der Waals surface area (Å²) >= 11 is 1.75. The lowest BCUT2D eigenvalue weighted by Crippen LogP contribution is -2.49. The predicted octanol–water partition coefficient (Wildman–Crippen LogP) is 0.621. The molecule has 1 aliphatic carbocycles. The van der Waals surface area contributed by atoms with Crippen molar-refractivity contribution >= 4 is 17.7 Å². The van der Waals surface area contributed by atoms with Gasteiger partial charge in [0, 0.05) is 24.2 Å². The third-order valence-electron chi connectivity index (χ3n) is 3.75. The molecule has 1 aliphatic heterocycles. The van der Waals surface area contributed by atoms with Crippen LogP contribution in [0.25, 0.3) is 0 Å². The van der Waals surface area contributed by atoms with Crippen LogP contribution in [0.15, 0.2) is 0 Å². The van der Waals surface area contributed by atoms with E-state index >= 15 is 0 Å². The number of amides is 1. The molecule has 0 aromatic heterocycles. The van der Waals surface area contributed by atoms with E-state index in [1.54, 1.807) is 11.8 Å². The maximum Gasteiger partial charge on any atom is 0.238 e. The van der Waals surface area contributed by atoms with Crippen LogP contribution in [-0.2, 0) is 4.79 Å². The smallest absolute Gasteiger partial charge is 0.238 e. The van der Waals surface area contributed by atoms with E-state index in [4.69, 9.17) is 5.73 Å². The molecule has 1 heterocycles. The van der Waals surface area contributed by atoms with Gasteiger partial charge in [0.1, 0.15) is 6.17 Å². The van der Waals surface area contributed by atoms with Gasteiger partial charge in [0.05, 0.1) is 6.04 Å². The standard InChI is InChI=1S/C12H22FN3OS/c13-9-3-1-2-8(6-9)11-10(16-7-18-11)12(17)15-5-4-14/h8-11,16H,1-7,14H2,(H,15,17). The first-order valence-electron chi connectivity index (χ1n) is 6.69. The molecular weight excluding hydrogens is 253 g/mol. The van der Waals surface area contributed by atoms with Crippen LogP contribution in [0.3, 0.4) is 0 Å². The Labute approximate surface area is 112 Å². The van der Waals surface area contributed by atoms with Gasteiger partial charge in [-0.2, -0.15) is 0 Å². The molecule has 1 amide bonds. The van der Waals surface area contributed by atoms with Gasteiger partial charge >= 0.3 is 0 Å². The molecule has 0 aromatic carbocycles. The van der Waals surface area contributed by atoms with Gasteiger partial charge in [-0.1, -0.05) is 6.42 Å². The van der Waals surface area contributed by atoms with Crippen molar-refractivity contribution in [1.82, 2.24) is 10.6 Å². The van der Waals surface area contributed by atoms with Crippen molar-refractivity contribution in [2.45, 2.75) is 43.1 Å². The Bertz CT molecular complexity index is 292. The van der Waals surface area contributed by atoms with Crippen LogP contribution in [0.1, 0.15) is 25.7 Å². The molecule has 1 saturated heterocycles. The Morgan fingerprint density at radius 1 is 1.50 bits per heavy atom. The van der Waals surface area contributed by atoms with Crippen LogP contribution in [0, 0.1) is 5.92 Å². The second-order valence-corrected chi connectivity index (χ2v) is 6.23. The minimum atomic E-state index is -0.683. The van der Waals surface area contributed by atoms with Crippen LogP contribution < -0.4 is 16.4 Å². The zero-order valence-corrected chi connectivity index (χ0v) is 11.3. The third-order valence-corrected chi connectivity index (χ3v) is 5.12. The van der Waals surface area contributed by atoms with E-state index < -0.39 is 6.17 Å². The Balaban J connectivity index is 1.92. The van der Waals surface area contributed by atoms with E-state index in [1.807, 2.05) is 0 Å². The fourth-order valence-corrected chi connectivity index (χ4v) is 4.27. The molecular formula is C12H22FN3OS. The number of rotatable bonds is 4. The minimum Gasteiger partial charge on any atom is -0.353 e. The Kier molecular flexibility index (Phi) is 5.26. The number of halogens is 1. The average Bonchev–Trinajstić information content (AvgIpc) is 2.85. The Hall–Kier alpha value is -0.330. The molecule has 2 fully saturated rings. The highest BCUT2D eigenvalue weighted by Gasteiger charge is 2.40. The molecule has 4 atom stereocenters. The SMILES string of the molecule is NCCNC(=O)C1NCSC1C1CCCC(F)C1. The van der Waals surface area contributed by atoms with Crippen molar-refractivity contribution in [2.75, 3.05) is 19.0 Å². The van der Waals surface area contributed by atoms with Gasteiger partial charge in [0.15, 0.2) is 0 Å². The molecule has 0 radical (unpaired) electrons. The van der Waals surface area contributed by atoms with Gasteiger partial charge in [0.25, 0.3) is 0 Å². The number of carbonyl (C=O) groups excluding carboxylic acids is 1. The molecule has 104 valence electrons. The van der Waals surface area contributed by atoms with Crippen molar-refractivity contribution in [2.24, 2.45) is 11.7 Å². The maximum atomic E-state index is 13.5. The predicted molar refractivity (Wildman–Crippen MR) is 72.1 cm³/mol. The summed E-state index contributed by atoms with van der Waals surface area (Å²) in [6.45, 7) is 0.955. The summed E-state index contributed by atoms with van der Waals surface area (Å²) in [5, 5.41) is 6.25. The number of nitrogens with one attached hydrogen (secondary N) is 2. The molecule has 6 heteroatoms. The number of carbonyl (C=O) groups is 1. The summed E-state index contributed by atoms with van der Waals surface area (Å²) in [5.74, 6) is 1.11. The molecule has 18 heavy (non-hydrogen) atoms. The zero-order chi connectivity index (χ0) is 13.0. The van der Waals surface area contributed by atoms with E-state index in [0.29, 0.717) is 31.8 Å². The normalized spacial score (nSPS) is 36.6. The van der Waals surface area contributed by atoms with Gasteiger partial charge < -0.3 is 11.1 Å². The summed E-state index contributed by atoms with van der Waals surface area (Å²) < 4.78 is 13.5. The highest BCUT2D eigenvalue weighted by molar-refractivity contribution is 8.00. The maximum absolute atomic E-state index is 13.5. The van der Waals surface area contributed by atoms with E-state index in [9.17, 15) is 9.18 Å². The summed E-state index contributed by atoms with van der Waals surface area (Å²) in [6, 6.07) is -0.183. The molecule has 4 unspecified atom stereocenters. The molecule has 0 aromatic rings. The number of hydrogen-bond acceptors (Lipinski definition) is 4. The molecule has 1 saturated carbocycles. The first-order chi connectivity index (χ1) is 8.72. The van der Waals surface area contributed by atoms with E-state index in [2.05, 4.69) is 10.6 Å². The molecule has 2 aliphatic rings. The molecule has 4 N–H and O–H groups in total.